The van der Waals surface area contributed by atoms with Crippen LogP contribution in [-0.2, 0) is 23.2 Å². The minimum absolute atomic E-state index is 0.0382. The van der Waals surface area contributed by atoms with Crippen LogP contribution in [0.3, 0.4) is 0 Å². The molecule has 0 amide bonds. The second-order valence-corrected chi connectivity index (χ2v) is 8.57. The molecule has 0 N–H and O–H groups in total. The van der Waals surface area contributed by atoms with E-state index in [1.165, 1.54) is 40.3 Å². The fraction of sp³-hybridized carbons (Fsp3) is 0.471. The third-order valence-corrected chi connectivity index (χ3v) is 6.44. The standard InChI is InChI=1S/C17H24N4O3S/c1-13(16-11-14-7-5-6-8-15(14)24-16)20(4)12-17-18-9-10-21(17)25(22,23)19(2)3/h5-10,13,16H,11-12H2,1-4H3/t13-,16-/m0/s1. The van der Waals surface area contributed by atoms with Gasteiger partial charge in [0.25, 0.3) is 0 Å². The van der Waals surface area contributed by atoms with E-state index in [2.05, 4.69) is 22.9 Å². The molecule has 0 radical (unpaired) electrons. The highest BCUT2D eigenvalue weighted by atomic mass is 32.2. The summed E-state index contributed by atoms with van der Waals surface area (Å²) in [5, 5.41) is 0. The molecule has 0 spiro atoms. The minimum atomic E-state index is -3.57. The van der Waals surface area contributed by atoms with Crippen molar-refractivity contribution < 1.29 is 13.2 Å². The fourth-order valence-corrected chi connectivity index (χ4v) is 3.88. The molecule has 1 aliphatic rings. The maximum absolute atomic E-state index is 12.4. The normalized spacial score (nSPS) is 18.4. The van der Waals surface area contributed by atoms with Gasteiger partial charge in [-0.2, -0.15) is 12.7 Å². The Morgan fingerprint density at radius 3 is 2.72 bits per heavy atom. The molecule has 2 aromatic rings. The Kier molecular flexibility index (Phi) is 4.86. The third kappa shape index (κ3) is 3.42. The van der Waals surface area contributed by atoms with Crippen molar-refractivity contribution in [1.29, 1.82) is 0 Å². The van der Waals surface area contributed by atoms with E-state index in [4.69, 9.17) is 4.74 Å². The third-order valence-electron chi connectivity index (χ3n) is 4.69. The van der Waals surface area contributed by atoms with Gasteiger partial charge in [-0.15, -0.1) is 0 Å². The maximum atomic E-state index is 12.4. The van der Waals surface area contributed by atoms with Gasteiger partial charge in [0.1, 0.15) is 17.7 Å². The first-order valence-electron chi connectivity index (χ1n) is 8.20. The zero-order chi connectivity index (χ0) is 18.2. The van der Waals surface area contributed by atoms with Gasteiger partial charge in [-0.3, -0.25) is 4.90 Å². The lowest BCUT2D eigenvalue weighted by atomic mass is 10.0. The SMILES string of the molecule is C[C@@H]([C@@H]1Cc2ccccc2O1)N(C)Cc1nccn1S(=O)(=O)N(C)C. The Bertz CT molecular complexity index is 822. The molecule has 8 heteroatoms. The monoisotopic (exact) mass is 364 g/mol. The zero-order valence-corrected chi connectivity index (χ0v) is 15.8. The molecular weight excluding hydrogens is 340 g/mol. The second-order valence-electron chi connectivity index (χ2n) is 6.55. The fourth-order valence-electron chi connectivity index (χ4n) is 2.95. The van der Waals surface area contributed by atoms with Crippen molar-refractivity contribution in [3.05, 3.63) is 48.0 Å². The largest absolute Gasteiger partial charge is 0.488 e. The van der Waals surface area contributed by atoms with E-state index in [9.17, 15) is 8.42 Å². The smallest absolute Gasteiger partial charge is 0.308 e. The Morgan fingerprint density at radius 2 is 2.04 bits per heavy atom. The van der Waals surface area contributed by atoms with Crippen LogP contribution in [0.5, 0.6) is 5.75 Å². The summed E-state index contributed by atoms with van der Waals surface area (Å²) in [5.41, 5.74) is 1.21. The molecule has 0 fully saturated rings. The van der Waals surface area contributed by atoms with Gasteiger partial charge in [0, 0.05) is 39.0 Å². The van der Waals surface area contributed by atoms with Crippen molar-refractivity contribution >= 4 is 10.2 Å². The molecule has 1 aliphatic heterocycles. The van der Waals surface area contributed by atoms with Gasteiger partial charge in [0.2, 0.25) is 0 Å². The average Bonchev–Trinajstić information content (AvgIpc) is 3.20. The number of likely N-dealkylation sites (N-methyl/N-ethyl adjacent to an activating group) is 1. The van der Waals surface area contributed by atoms with Gasteiger partial charge in [-0.05, 0) is 25.6 Å². The first-order valence-corrected chi connectivity index (χ1v) is 9.60. The topological polar surface area (TPSA) is 67.7 Å². The van der Waals surface area contributed by atoms with Crippen molar-refractivity contribution in [2.75, 3.05) is 21.1 Å². The Balaban J connectivity index is 1.72. The summed E-state index contributed by atoms with van der Waals surface area (Å²) in [6, 6.07) is 8.16. The predicted octanol–water partition coefficient (Wildman–Crippen LogP) is 1.36. The Labute approximate surface area is 149 Å². The number of fused-ring (bicyclic) bond motifs is 1. The molecule has 0 aliphatic carbocycles. The molecule has 0 unspecified atom stereocenters. The van der Waals surface area contributed by atoms with Crippen LogP contribution in [0.25, 0.3) is 0 Å². The number of imidazole rings is 1. The quantitative estimate of drug-likeness (QED) is 0.774. The van der Waals surface area contributed by atoms with Crippen molar-refractivity contribution in [2.45, 2.75) is 32.0 Å². The molecule has 7 nitrogen and oxygen atoms in total. The van der Waals surface area contributed by atoms with Gasteiger partial charge < -0.3 is 4.74 Å². The Hall–Kier alpha value is -1.90. The molecule has 0 saturated heterocycles. The molecular formula is C17H24N4O3S. The number of benzene rings is 1. The molecule has 25 heavy (non-hydrogen) atoms. The first-order chi connectivity index (χ1) is 11.8. The number of hydrogen-bond acceptors (Lipinski definition) is 5. The summed E-state index contributed by atoms with van der Waals surface area (Å²) in [6.45, 7) is 2.50. The molecule has 2 heterocycles. The molecule has 2 atom stereocenters. The van der Waals surface area contributed by atoms with Crippen LogP contribution in [0.4, 0.5) is 0 Å². The highest BCUT2D eigenvalue weighted by molar-refractivity contribution is 7.87. The van der Waals surface area contributed by atoms with Gasteiger partial charge >= 0.3 is 10.2 Å². The van der Waals surface area contributed by atoms with Crippen LogP contribution in [0.2, 0.25) is 0 Å². The molecule has 1 aromatic carbocycles. The summed E-state index contributed by atoms with van der Waals surface area (Å²) in [7, 11) is 1.41. The maximum Gasteiger partial charge on any atom is 0.308 e. The minimum Gasteiger partial charge on any atom is -0.488 e. The van der Waals surface area contributed by atoms with E-state index in [-0.39, 0.29) is 12.1 Å². The van der Waals surface area contributed by atoms with Crippen LogP contribution in [0.1, 0.15) is 18.3 Å². The van der Waals surface area contributed by atoms with Crippen molar-refractivity contribution in [1.82, 2.24) is 18.2 Å². The zero-order valence-electron chi connectivity index (χ0n) is 15.0. The number of aromatic nitrogens is 2. The summed E-state index contributed by atoms with van der Waals surface area (Å²) >= 11 is 0. The Morgan fingerprint density at radius 1 is 1.32 bits per heavy atom. The highest BCUT2D eigenvalue weighted by Gasteiger charge is 2.30. The van der Waals surface area contributed by atoms with Crippen LogP contribution in [0, 0.1) is 0 Å². The van der Waals surface area contributed by atoms with E-state index in [1.807, 2.05) is 25.2 Å². The van der Waals surface area contributed by atoms with E-state index in [0.29, 0.717) is 12.4 Å². The molecule has 0 saturated carbocycles. The predicted molar refractivity (Wildman–Crippen MR) is 95.7 cm³/mol. The van der Waals surface area contributed by atoms with Gasteiger partial charge in [0.15, 0.2) is 0 Å². The van der Waals surface area contributed by atoms with Gasteiger partial charge in [-0.1, -0.05) is 18.2 Å². The van der Waals surface area contributed by atoms with Crippen LogP contribution < -0.4 is 4.74 Å². The average molecular weight is 364 g/mol. The van der Waals surface area contributed by atoms with E-state index >= 15 is 0 Å². The number of hydrogen-bond donors (Lipinski definition) is 0. The van der Waals surface area contributed by atoms with Crippen molar-refractivity contribution in [3.8, 4) is 5.75 Å². The first kappa shape index (κ1) is 17.9. The summed E-state index contributed by atoms with van der Waals surface area (Å²) in [5.74, 6) is 1.42. The van der Waals surface area contributed by atoms with Gasteiger partial charge in [0.05, 0.1) is 6.54 Å². The summed E-state index contributed by atoms with van der Waals surface area (Å²) in [4.78, 5) is 6.30. The van der Waals surface area contributed by atoms with Crippen molar-refractivity contribution in [2.24, 2.45) is 0 Å². The van der Waals surface area contributed by atoms with Crippen LogP contribution >= 0.6 is 0 Å². The number of nitrogens with zero attached hydrogens (tertiary/aromatic N) is 4. The lowest BCUT2D eigenvalue weighted by Crippen LogP contribution is -2.42. The molecule has 136 valence electrons. The van der Waals surface area contributed by atoms with E-state index in [1.54, 1.807) is 0 Å². The van der Waals surface area contributed by atoms with Crippen LogP contribution in [0.15, 0.2) is 36.7 Å². The van der Waals surface area contributed by atoms with E-state index < -0.39 is 10.2 Å². The van der Waals surface area contributed by atoms with Crippen LogP contribution in [-0.4, -0.2) is 59.9 Å². The summed E-state index contributed by atoms with van der Waals surface area (Å²) < 4.78 is 33.2. The molecule has 1 aromatic heterocycles. The number of rotatable bonds is 6. The van der Waals surface area contributed by atoms with Gasteiger partial charge in [-0.25, -0.2) is 8.96 Å². The van der Waals surface area contributed by atoms with Crippen molar-refractivity contribution in [3.63, 3.8) is 0 Å². The lowest BCUT2D eigenvalue weighted by Gasteiger charge is -2.29. The van der Waals surface area contributed by atoms with E-state index in [0.717, 1.165) is 12.2 Å². The summed E-state index contributed by atoms with van der Waals surface area (Å²) in [6.07, 6.45) is 3.88. The molecule has 0 bridgehead atoms. The molecule has 3 rings (SSSR count). The number of ether oxygens (including phenoxy) is 1. The second kappa shape index (κ2) is 6.78. The highest BCUT2D eigenvalue weighted by Crippen LogP contribution is 2.30. The number of para-hydroxylation sites is 1. The lowest BCUT2D eigenvalue weighted by molar-refractivity contribution is 0.103.